The Bertz CT molecular complexity index is 529. The smallest absolute Gasteiger partial charge is 0.308 e. The minimum Gasteiger partial charge on any atom is -0.481 e. The lowest BCUT2D eigenvalue weighted by atomic mass is 9.98. The van der Waals surface area contributed by atoms with E-state index in [0.29, 0.717) is 32.2 Å². The van der Waals surface area contributed by atoms with E-state index in [1.54, 1.807) is 0 Å². The molecule has 2 fully saturated rings. The number of carbonyl (C=O) groups is 4. The van der Waals surface area contributed by atoms with Gasteiger partial charge >= 0.3 is 5.97 Å². The van der Waals surface area contributed by atoms with Crippen molar-refractivity contribution >= 4 is 23.7 Å². The van der Waals surface area contributed by atoms with Crippen molar-refractivity contribution in [1.29, 1.82) is 0 Å². The molecule has 1 unspecified atom stereocenters. The Balaban J connectivity index is 1.93. The second-order valence-electron chi connectivity index (χ2n) is 6.34. The number of hydrogen-bond donors (Lipinski definition) is 2. The molecular formula is C15H23N3O5. The van der Waals surface area contributed by atoms with Crippen LogP contribution in [0.3, 0.4) is 0 Å². The van der Waals surface area contributed by atoms with Crippen LogP contribution in [-0.4, -0.2) is 72.3 Å². The first-order valence-corrected chi connectivity index (χ1v) is 7.80. The Kier molecular flexibility index (Phi) is 4.91. The molecule has 0 aromatic rings. The second kappa shape index (κ2) is 6.55. The van der Waals surface area contributed by atoms with Gasteiger partial charge in [0, 0.05) is 27.2 Å². The standard InChI is InChI=1S/C15H23N3O5/c1-16-13(22)15(5-6-15)14(23)17(2)9-11(19)18-7-3-4-10(8-18)12(20)21/h10H,3-9H2,1-2H3,(H,16,22)(H,20,21). The van der Waals surface area contributed by atoms with Crippen LogP contribution in [0.4, 0.5) is 0 Å². The molecule has 128 valence electrons. The van der Waals surface area contributed by atoms with Gasteiger partial charge in [0.25, 0.3) is 0 Å². The summed E-state index contributed by atoms with van der Waals surface area (Å²) in [6.45, 7) is 0.548. The molecule has 0 bridgehead atoms. The van der Waals surface area contributed by atoms with Crippen molar-refractivity contribution in [2.75, 3.05) is 33.7 Å². The molecule has 2 aliphatic rings. The molecule has 1 heterocycles. The van der Waals surface area contributed by atoms with Gasteiger partial charge in [0.05, 0.1) is 12.5 Å². The van der Waals surface area contributed by atoms with Gasteiger partial charge < -0.3 is 20.2 Å². The zero-order chi connectivity index (χ0) is 17.2. The van der Waals surface area contributed by atoms with Crippen molar-refractivity contribution in [1.82, 2.24) is 15.1 Å². The Morgan fingerprint density at radius 1 is 1.30 bits per heavy atom. The van der Waals surface area contributed by atoms with Crippen molar-refractivity contribution in [3.63, 3.8) is 0 Å². The summed E-state index contributed by atoms with van der Waals surface area (Å²) in [7, 11) is 2.99. The summed E-state index contributed by atoms with van der Waals surface area (Å²) in [6.07, 6.45) is 2.19. The molecule has 2 rings (SSSR count). The molecule has 1 saturated carbocycles. The van der Waals surface area contributed by atoms with Gasteiger partial charge in [-0.05, 0) is 25.7 Å². The van der Waals surface area contributed by atoms with Crippen LogP contribution in [0.15, 0.2) is 0 Å². The van der Waals surface area contributed by atoms with Crippen molar-refractivity contribution in [3.05, 3.63) is 0 Å². The van der Waals surface area contributed by atoms with Crippen molar-refractivity contribution in [2.45, 2.75) is 25.7 Å². The summed E-state index contributed by atoms with van der Waals surface area (Å²) in [5, 5.41) is 11.6. The number of carbonyl (C=O) groups excluding carboxylic acids is 3. The Labute approximate surface area is 134 Å². The topological polar surface area (TPSA) is 107 Å². The number of carboxylic acid groups (broad SMARTS) is 1. The van der Waals surface area contributed by atoms with Crippen molar-refractivity contribution in [2.24, 2.45) is 11.3 Å². The van der Waals surface area contributed by atoms with E-state index in [1.807, 2.05) is 0 Å². The van der Waals surface area contributed by atoms with Gasteiger partial charge in [-0.1, -0.05) is 0 Å². The first kappa shape index (κ1) is 17.2. The first-order valence-electron chi connectivity index (χ1n) is 7.80. The van der Waals surface area contributed by atoms with Gasteiger partial charge in [-0.3, -0.25) is 19.2 Å². The fourth-order valence-electron chi connectivity index (χ4n) is 3.05. The van der Waals surface area contributed by atoms with Gasteiger partial charge in [0.2, 0.25) is 17.7 Å². The molecule has 8 nitrogen and oxygen atoms in total. The Morgan fingerprint density at radius 2 is 1.96 bits per heavy atom. The summed E-state index contributed by atoms with van der Waals surface area (Å²) < 4.78 is 0. The van der Waals surface area contributed by atoms with Gasteiger partial charge in [-0.25, -0.2) is 0 Å². The van der Waals surface area contributed by atoms with Crippen LogP contribution in [0.25, 0.3) is 0 Å². The van der Waals surface area contributed by atoms with Crippen LogP contribution in [0.5, 0.6) is 0 Å². The zero-order valence-corrected chi connectivity index (χ0v) is 13.5. The van der Waals surface area contributed by atoms with Crippen molar-refractivity contribution in [3.8, 4) is 0 Å². The Hall–Kier alpha value is -2.12. The number of piperidine rings is 1. The van der Waals surface area contributed by atoms with Crippen LogP contribution >= 0.6 is 0 Å². The van der Waals surface area contributed by atoms with Gasteiger partial charge in [0.15, 0.2) is 0 Å². The largest absolute Gasteiger partial charge is 0.481 e. The fourth-order valence-corrected chi connectivity index (χ4v) is 3.05. The van der Waals surface area contributed by atoms with E-state index in [2.05, 4.69) is 5.32 Å². The van der Waals surface area contributed by atoms with Crippen LogP contribution in [0.2, 0.25) is 0 Å². The van der Waals surface area contributed by atoms with E-state index in [9.17, 15) is 19.2 Å². The summed E-state index contributed by atoms with van der Waals surface area (Å²) in [4.78, 5) is 50.4. The summed E-state index contributed by atoms with van der Waals surface area (Å²) in [5.74, 6) is -2.39. The number of hydrogen-bond acceptors (Lipinski definition) is 4. The van der Waals surface area contributed by atoms with E-state index in [0.717, 1.165) is 0 Å². The number of nitrogens with one attached hydrogen (secondary N) is 1. The van der Waals surface area contributed by atoms with Crippen LogP contribution in [0, 0.1) is 11.3 Å². The number of aliphatic carboxylic acids is 1. The molecule has 23 heavy (non-hydrogen) atoms. The minimum atomic E-state index is -1.02. The zero-order valence-electron chi connectivity index (χ0n) is 13.5. The molecule has 8 heteroatoms. The highest BCUT2D eigenvalue weighted by molar-refractivity contribution is 6.08. The molecule has 1 aliphatic heterocycles. The maximum Gasteiger partial charge on any atom is 0.308 e. The van der Waals surface area contributed by atoms with E-state index >= 15 is 0 Å². The number of rotatable bonds is 5. The van der Waals surface area contributed by atoms with Crippen LogP contribution in [0.1, 0.15) is 25.7 Å². The molecule has 1 atom stereocenters. The predicted octanol–water partition coefficient (Wildman–Crippen LogP) is -0.706. The quantitative estimate of drug-likeness (QED) is 0.650. The molecule has 2 N–H and O–H groups in total. The minimum absolute atomic E-state index is 0.135. The number of likely N-dealkylation sites (tertiary alicyclic amines) is 1. The Morgan fingerprint density at radius 3 is 2.48 bits per heavy atom. The highest BCUT2D eigenvalue weighted by Crippen LogP contribution is 2.47. The van der Waals surface area contributed by atoms with Gasteiger partial charge in [-0.15, -0.1) is 0 Å². The molecule has 1 aliphatic carbocycles. The molecule has 0 spiro atoms. The molecule has 1 saturated heterocycles. The fraction of sp³-hybridized carbons (Fsp3) is 0.733. The molecular weight excluding hydrogens is 302 g/mol. The molecule has 0 aromatic heterocycles. The van der Waals surface area contributed by atoms with Crippen molar-refractivity contribution < 1.29 is 24.3 Å². The van der Waals surface area contributed by atoms with E-state index < -0.39 is 17.3 Å². The molecule has 0 radical (unpaired) electrons. The third-order valence-electron chi connectivity index (χ3n) is 4.66. The third-order valence-corrected chi connectivity index (χ3v) is 4.66. The number of nitrogens with zero attached hydrogens (tertiary/aromatic N) is 2. The maximum absolute atomic E-state index is 12.4. The molecule has 0 aromatic carbocycles. The van der Waals surface area contributed by atoms with Crippen LogP contribution < -0.4 is 5.32 Å². The van der Waals surface area contributed by atoms with Crippen LogP contribution in [-0.2, 0) is 19.2 Å². The van der Waals surface area contributed by atoms with E-state index in [4.69, 9.17) is 5.11 Å². The summed E-state index contributed by atoms with van der Waals surface area (Å²) >= 11 is 0. The van der Waals surface area contributed by atoms with Gasteiger partial charge in [-0.2, -0.15) is 0 Å². The summed E-state index contributed by atoms with van der Waals surface area (Å²) in [5.41, 5.74) is -1.02. The lowest BCUT2D eigenvalue weighted by molar-refractivity contribution is -0.150. The highest BCUT2D eigenvalue weighted by atomic mass is 16.4. The predicted molar refractivity (Wildman–Crippen MR) is 80.3 cm³/mol. The average molecular weight is 325 g/mol. The first-order chi connectivity index (χ1) is 10.8. The lowest BCUT2D eigenvalue weighted by Crippen LogP contribution is -2.49. The second-order valence-corrected chi connectivity index (χ2v) is 6.34. The lowest BCUT2D eigenvalue weighted by Gasteiger charge is -2.32. The van der Waals surface area contributed by atoms with E-state index in [-0.39, 0.29) is 30.8 Å². The average Bonchev–Trinajstić information content (AvgIpc) is 3.35. The maximum atomic E-state index is 12.4. The SMILES string of the molecule is CNC(=O)C1(C(=O)N(C)CC(=O)N2CCCC(C(=O)O)C2)CC1. The monoisotopic (exact) mass is 325 g/mol. The number of carboxylic acids is 1. The number of amides is 3. The molecule has 3 amide bonds. The van der Waals surface area contributed by atoms with Gasteiger partial charge in [0.1, 0.15) is 5.41 Å². The summed E-state index contributed by atoms with van der Waals surface area (Å²) in [6, 6.07) is 0. The highest BCUT2D eigenvalue weighted by Gasteiger charge is 2.57. The number of likely N-dealkylation sites (N-methyl/N-ethyl adjacent to an activating group) is 1. The normalized spacial score (nSPS) is 22.2. The third kappa shape index (κ3) is 3.46. The van der Waals surface area contributed by atoms with E-state index in [1.165, 1.54) is 23.9 Å².